The van der Waals surface area contributed by atoms with E-state index < -0.39 is 0 Å². The van der Waals surface area contributed by atoms with Crippen molar-refractivity contribution in [2.24, 2.45) is 0 Å². The van der Waals surface area contributed by atoms with Gasteiger partial charge in [-0.2, -0.15) is 0 Å². The summed E-state index contributed by atoms with van der Waals surface area (Å²) in [5.74, 6) is 0.817. The molecular weight excluding hydrogens is 250 g/mol. The van der Waals surface area contributed by atoms with E-state index in [2.05, 4.69) is 39.5 Å². The summed E-state index contributed by atoms with van der Waals surface area (Å²) in [7, 11) is 0. The summed E-state index contributed by atoms with van der Waals surface area (Å²) < 4.78 is 5.30. The molecule has 2 heterocycles. The minimum Gasteiger partial charge on any atom is -0.444 e. The first-order chi connectivity index (χ1) is 9.88. The molecule has 0 spiro atoms. The predicted octanol–water partition coefficient (Wildman–Crippen LogP) is 2.99. The van der Waals surface area contributed by atoms with Crippen LogP contribution in [0.3, 0.4) is 0 Å². The quantitative estimate of drug-likeness (QED) is 0.926. The number of likely N-dealkylation sites (tertiary alicyclic amines) is 1. The predicted molar refractivity (Wildman–Crippen MR) is 78.6 cm³/mol. The van der Waals surface area contributed by atoms with E-state index >= 15 is 0 Å². The van der Waals surface area contributed by atoms with Gasteiger partial charge in [0.2, 0.25) is 0 Å². The van der Waals surface area contributed by atoms with Crippen molar-refractivity contribution in [1.29, 1.82) is 0 Å². The topological polar surface area (TPSA) is 41.3 Å². The zero-order valence-corrected chi connectivity index (χ0v) is 11.5. The van der Waals surface area contributed by atoms with Crippen molar-refractivity contribution >= 4 is 5.69 Å². The maximum Gasteiger partial charge on any atom is 0.181 e. The molecule has 2 aromatic rings. The fourth-order valence-corrected chi connectivity index (χ4v) is 3.00. The van der Waals surface area contributed by atoms with Crippen LogP contribution in [-0.4, -0.2) is 35.1 Å². The minimum absolute atomic E-state index is 0.590. The van der Waals surface area contributed by atoms with Crippen LogP contribution in [0, 0.1) is 0 Å². The normalized spacial score (nSPS) is 23.1. The Kier molecular flexibility index (Phi) is 2.96. The van der Waals surface area contributed by atoms with E-state index in [0.717, 1.165) is 17.4 Å². The molecule has 1 unspecified atom stereocenters. The summed E-state index contributed by atoms with van der Waals surface area (Å²) in [4.78, 5) is 6.57. The van der Waals surface area contributed by atoms with Crippen molar-refractivity contribution in [2.45, 2.75) is 31.3 Å². The molecule has 20 heavy (non-hydrogen) atoms. The number of rotatable bonds is 4. The molecule has 1 saturated heterocycles. The number of hydrogen-bond acceptors (Lipinski definition) is 4. The summed E-state index contributed by atoms with van der Waals surface area (Å²) in [6, 6.07) is 9.88. The average molecular weight is 269 g/mol. The van der Waals surface area contributed by atoms with E-state index in [-0.39, 0.29) is 0 Å². The fraction of sp³-hybridized carbons (Fsp3) is 0.438. The number of anilines is 1. The molecule has 2 fully saturated rings. The lowest BCUT2D eigenvalue weighted by atomic mass is 10.1. The van der Waals surface area contributed by atoms with E-state index in [0.29, 0.717) is 6.04 Å². The molecule has 0 amide bonds. The Bertz CT molecular complexity index is 560. The number of benzene rings is 1. The lowest BCUT2D eigenvalue weighted by Crippen LogP contribution is -2.27. The van der Waals surface area contributed by atoms with Gasteiger partial charge in [0.1, 0.15) is 0 Å². The first kappa shape index (κ1) is 12.0. The number of hydrogen-bond donors (Lipinski definition) is 1. The Morgan fingerprint density at radius 2 is 2.00 bits per heavy atom. The summed E-state index contributed by atoms with van der Waals surface area (Å²) in [6.07, 6.45) is 7.26. The van der Waals surface area contributed by atoms with Gasteiger partial charge in [-0.3, -0.25) is 4.90 Å². The Hall–Kier alpha value is -1.81. The monoisotopic (exact) mass is 269 g/mol. The van der Waals surface area contributed by atoms with Crippen LogP contribution < -0.4 is 5.32 Å². The lowest BCUT2D eigenvalue weighted by molar-refractivity contribution is 0.326. The number of aromatic nitrogens is 1. The minimum atomic E-state index is 0.590. The standard InChI is InChI=1S/C16H19N3O/c1-3-13(4-2-12(1)16-9-17-11-20-16)18-14-7-8-19(10-14)15-5-6-15/h1-4,9,11,14-15,18H,5-8,10H2. The highest BCUT2D eigenvalue weighted by atomic mass is 16.3. The Labute approximate surface area is 118 Å². The van der Waals surface area contributed by atoms with Crippen LogP contribution in [-0.2, 0) is 0 Å². The highest BCUT2D eigenvalue weighted by Crippen LogP contribution is 2.30. The maximum atomic E-state index is 5.30. The van der Waals surface area contributed by atoms with E-state index in [1.165, 1.54) is 44.4 Å². The molecule has 1 atom stereocenters. The Morgan fingerprint density at radius 1 is 1.15 bits per heavy atom. The third-order valence-corrected chi connectivity index (χ3v) is 4.26. The van der Waals surface area contributed by atoms with Gasteiger partial charge in [0.25, 0.3) is 0 Å². The molecule has 4 heteroatoms. The van der Waals surface area contributed by atoms with Crippen molar-refractivity contribution in [2.75, 3.05) is 18.4 Å². The number of nitrogens with one attached hydrogen (secondary N) is 1. The fourth-order valence-electron chi connectivity index (χ4n) is 3.00. The van der Waals surface area contributed by atoms with Crippen molar-refractivity contribution in [3.8, 4) is 11.3 Å². The van der Waals surface area contributed by atoms with Gasteiger partial charge < -0.3 is 9.73 Å². The molecule has 1 aliphatic carbocycles. The zero-order valence-electron chi connectivity index (χ0n) is 11.5. The van der Waals surface area contributed by atoms with Crippen LogP contribution in [0.4, 0.5) is 5.69 Å². The van der Waals surface area contributed by atoms with E-state index in [1.54, 1.807) is 6.20 Å². The van der Waals surface area contributed by atoms with Gasteiger partial charge in [0.05, 0.1) is 6.20 Å². The third-order valence-electron chi connectivity index (χ3n) is 4.26. The first-order valence-corrected chi connectivity index (χ1v) is 7.38. The zero-order chi connectivity index (χ0) is 13.4. The molecular formula is C16H19N3O. The van der Waals surface area contributed by atoms with Crippen molar-refractivity contribution < 1.29 is 4.42 Å². The van der Waals surface area contributed by atoms with Gasteiger partial charge in [0.15, 0.2) is 12.2 Å². The molecule has 1 aromatic carbocycles. The maximum absolute atomic E-state index is 5.30. The van der Waals surface area contributed by atoms with Crippen LogP contribution in [0.25, 0.3) is 11.3 Å². The van der Waals surface area contributed by atoms with Crippen LogP contribution in [0.15, 0.2) is 41.3 Å². The summed E-state index contributed by atoms with van der Waals surface area (Å²) in [5, 5.41) is 3.64. The highest BCUT2D eigenvalue weighted by molar-refractivity contribution is 5.60. The smallest absolute Gasteiger partial charge is 0.181 e. The lowest BCUT2D eigenvalue weighted by Gasteiger charge is -2.16. The van der Waals surface area contributed by atoms with Gasteiger partial charge in [-0.15, -0.1) is 0 Å². The second-order valence-electron chi connectivity index (χ2n) is 5.80. The Balaban J connectivity index is 1.39. The summed E-state index contributed by atoms with van der Waals surface area (Å²) in [5.41, 5.74) is 2.26. The van der Waals surface area contributed by atoms with Crippen LogP contribution in [0.1, 0.15) is 19.3 Å². The molecule has 1 aromatic heterocycles. The van der Waals surface area contributed by atoms with Gasteiger partial charge in [-0.05, 0) is 43.5 Å². The third kappa shape index (κ3) is 2.43. The van der Waals surface area contributed by atoms with Gasteiger partial charge in [-0.1, -0.05) is 0 Å². The van der Waals surface area contributed by atoms with Crippen LogP contribution in [0.2, 0.25) is 0 Å². The van der Waals surface area contributed by atoms with Crippen molar-refractivity contribution in [1.82, 2.24) is 9.88 Å². The van der Waals surface area contributed by atoms with Crippen molar-refractivity contribution in [3.05, 3.63) is 36.9 Å². The van der Waals surface area contributed by atoms with E-state index in [9.17, 15) is 0 Å². The van der Waals surface area contributed by atoms with E-state index in [1.807, 2.05) is 0 Å². The van der Waals surface area contributed by atoms with E-state index in [4.69, 9.17) is 4.42 Å². The molecule has 1 N–H and O–H groups in total. The molecule has 1 aliphatic heterocycles. The molecule has 0 radical (unpaired) electrons. The Morgan fingerprint density at radius 3 is 2.70 bits per heavy atom. The van der Waals surface area contributed by atoms with Crippen LogP contribution in [0.5, 0.6) is 0 Å². The molecule has 4 rings (SSSR count). The summed E-state index contributed by atoms with van der Waals surface area (Å²) >= 11 is 0. The summed E-state index contributed by atoms with van der Waals surface area (Å²) in [6.45, 7) is 2.44. The second-order valence-corrected chi connectivity index (χ2v) is 5.80. The SMILES string of the molecule is c1ncc(-c2ccc(NC3CCN(C4CC4)C3)cc2)o1. The number of nitrogens with zero attached hydrogens (tertiary/aromatic N) is 2. The van der Waals surface area contributed by atoms with Crippen molar-refractivity contribution in [3.63, 3.8) is 0 Å². The first-order valence-electron chi connectivity index (χ1n) is 7.38. The van der Waals surface area contributed by atoms with Gasteiger partial charge in [-0.25, -0.2) is 4.98 Å². The molecule has 0 bridgehead atoms. The molecule has 2 aliphatic rings. The number of oxazole rings is 1. The highest BCUT2D eigenvalue weighted by Gasteiger charge is 2.34. The van der Waals surface area contributed by atoms with Crippen LogP contribution >= 0.6 is 0 Å². The largest absolute Gasteiger partial charge is 0.444 e. The average Bonchev–Trinajstić information content (AvgIpc) is 3.00. The van der Waals surface area contributed by atoms with Gasteiger partial charge >= 0.3 is 0 Å². The molecule has 104 valence electrons. The van der Waals surface area contributed by atoms with Gasteiger partial charge in [0, 0.05) is 36.4 Å². The molecule has 4 nitrogen and oxygen atoms in total. The molecule has 1 saturated carbocycles. The second kappa shape index (κ2) is 4.94.